The molecule has 1 aromatic carbocycles. The molecule has 0 aliphatic carbocycles. The summed E-state index contributed by atoms with van der Waals surface area (Å²) in [6.07, 6.45) is 2.92. The fourth-order valence-corrected chi connectivity index (χ4v) is 5.38. The van der Waals surface area contributed by atoms with Crippen LogP contribution in [0.15, 0.2) is 50.5 Å². The first-order chi connectivity index (χ1) is 16.3. The van der Waals surface area contributed by atoms with Crippen LogP contribution in [0.5, 0.6) is 5.88 Å². The van der Waals surface area contributed by atoms with Crippen molar-refractivity contribution in [1.29, 1.82) is 0 Å². The average Bonchev–Trinajstić information content (AvgIpc) is 3.29. The number of aliphatic imine (C=N–C) groups is 1. The lowest BCUT2D eigenvalue weighted by molar-refractivity contribution is 0.395. The Kier molecular flexibility index (Phi) is 7.44. The largest absolute Gasteiger partial charge is 0.480 e. The van der Waals surface area contributed by atoms with Crippen molar-refractivity contribution in [2.75, 3.05) is 14.2 Å². The minimum Gasteiger partial charge on any atom is -0.480 e. The molecule has 0 saturated heterocycles. The van der Waals surface area contributed by atoms with Crippen molar-refractivity contribution in [2.24, 2.45) is 15.1 Å². The van der Waals surface area contributed by atoms with Gasteiger partial charge in [0, 0.05) is 24.2 Å². The van der Waals surface area contributed by atoms with E-state index < -0.39 is 31.3 Å². The van der Waals surface area contributed by atoms with Crippen LogP contribution in [-0.2, 0) is 15.5 Å². The molecule has 1 atom stereocenters. The van der Waals surface area contributed by atoms with E-state index in [1.807, 2.05) is 0 Å². The first-order valence-corrected chi connectivity index (χ1v) is 11.9. The summed E-state index contributed by atoms with van der Waals surface area (Å²) in [5.41, 5.74) is 7.38. The zero-order valence-electron chi connectivity index (χ0n) is 19.7. The molecule has 2 N–H and O–H groups in total. The van der Waals surface area contributed by atoms with Gasteiger partial charge in [-0.25, -0.2) is 18.6 Å². The summed E-state index contributed by atoms with van der Waals surface area (Å²) in [6.45, 7) is 3.10. The molecule has 2 heterocycles. The highest BCUT2D eigenvalue weighted by atomic mass is 32.2. The molecule has 0 saturated carbocycles. The average molecular weight is 490 g/mol. The van der Waals surface area contributed by atoms with Crippen LogP contribution in [0.2, 0.25) is 0 Å². The molecule has 0 spiro atoms. The molecule has 2 aromatic heterocycles. The third kappa shape index (κ3) is 5.75. The number of halogens is 1. The smallest absolute Gasteiger partial charge is 0.232 e. The van der Waals surface area contributed by atoms with Gasteiger partial charge in [-0.05, 0) is 37.3 Å². The molecule has 3 rings (SSSR count). The van der Waals surface area contributed by atoms with Crippen LogP contribution < -0.4 is 10.5 Å². The van der Waals surface area contributed by atoms with Crippen LogP contribution in [0.4, 0.5) is 4.39 Å². The standard InChI is InChI=1S/C21H22B3FN6O3S/c1-20(2,19(26)27-3)35(32,31-21(22,23)24)11-13-7-12(5-6-14(13)25)17-8-15(30-34-17)16-9-29-18(33-4)10-28-16/h5-10H,11H2,1-4H3,(H2,26,27). The first-order valence-electron chi connectivity index (χ1n) is 10.3. The fourth-order valence-electron chi connectivity index (χ4n) is 3.15. The van der Waals surface area contributed by atoms with E-state index >= 15 is 0 Å². The van der Waals surface area contributed by atoms with Crippen LogP contribution in [0.25, 0.3) is 22.7 Å². The van der Waals surface area contributed by atoms with Crippen molar-refractivity contribution >= 4 is 39.1 Å². The third-order valence-electron chi connectivity index (χ3n) is 5.25. The predicted octanol–water partition coefficient (Wildman–Crippen LogP) is 1.80. The van der Waals surface area contributed by atoms with Gasteiger partial charge in [0.05, 0.1) is 58.5 Å². The second-order valence-corrected chi connectivity index (χ2v) is 11.0. The molecular weight excluding hydrogens is 468 g/mol. The summed E-state index contributed by atoms with van der Waals surface area (Å²) >= 11 is 0. The molecule has 6 radical (unpaired) electrons. The zero-order valence-corrected chi connectivity index (χ0v) is 20.5. The van der Waals surface area contributed by atoms with Gasteiger partial charge in [0.2, 0.25) is 5.88 Å². The van der Waals surface area contributed by atoms with E-state index in [-0.39, 0.29) is 11.4 Å². The molecule has 0 amide bonds. The van der Waals surface area contributed by atoms with Crippen LogP contribution in [-0.4, -0.2) is 72.8 Å². The maximum Gasteiger partial charge on any atom is 0.232 e. The predicted molar refractivity (Wildman–Crippen MR) is 135 cm³/mol. The molecule has 0 aliphatic heterocycles. The number of methoxy groups -OCH3 is 1. The molecule has 176 valence electrons. The van der Waals surface area contributed by atoms with E-state index in [2.05, 4.69) is 24.5 Å². The topological polar surface area (TPSA) is 129 Å². The molecular formula is C21H22B3FN6O3S. The summed E-state index contributed by atoms with van der Waals surface area (Å²) in [7, 11) is 16.4. The van der Waals surface area contributed by atoms with Gasteiger partial charge in [0.15, 0.2) is 5.76 Å². The summed E-state index contributed by atoms with van der Waals surface area (Å²) in [5.74, 6) is -0.331. The van der Waals surface area contributed by atoms with Crippen molar-refractivity contribution < 1.29 is 17.9 Å². The van der Waals surface area contributed by atoms with Crippen LogP contribution >= 0.6 is 0 Å². The number of nitrogens with two attached hydrogens (primary N) is 1. The molecule has 14 heteroatoms. The number of hydrogen-bond donors (Lipinski definition) is 1. The van der Waals surface area contributed by atoms with E-state index in [0.717, 1.165) is 0 Å². The van der Waals surface area contributed by atoms with Crippen molar-refractivity contribution in [2.45, 2.75) is 29.6 Å². The van der Waals surface area contributed by atoms with Gasteiger partial charge in [-0.2, -0.15) is 0 Å². The summed E-state index contributed by atoms with van der Waals surface area (Å²) in [6, 6.07) is 5.79. The quantitative estimate of drug-likeness (QED) is 0.290. The Labute approximate surface area is 207 Å². The molecule has 0 bridgehead atoms. The first kappa shape index (κ1) is 26.5. The maximum atomic E-state index is 14.9. The van der Waals surface area contributed by atoms with E-state index in [4.69, 9.17) is 38.5 Å². The summed E-state index contributed by atoms with van der Waals surface area (Å²) in [5, 5.41) is 1.85. The molecule has 0 aliphatic rings. The molecule has 1 unspecified atom stereocenters. The minimum absolute atomic E-state index is 0.0209. The highest BCUT2D eigenvalue weighted by Crippen LogP contribution is 2.31. The van der Waals surface area contributed by atoms with Crippen molar-refractivity contribution in [3.8, 4) is 28.6 Å². The number of nitrogens with zero attached hydrogens (tertiary/aromatic N) is 5. The van der Waals surface area contributed by atoms with Gasteiger partial charge in [-0.1, -0.05) is 5.16 Å². The number of aromatic nitrogens is 3. The van der Waals surface area contributed by atoms with Gasteiger partial charge in [-0.3, -0.25) is 9.36 Å². The van der Waals surface area contributed by atoms with E-state index in [0.29, 0.717) is 28.6 Å². The second kappa shape index (κ2) is 9.84. The minimum atomic E-state index is -3.48. The number of ether oxygens (including phenoxy) is 1. The van der Waals surface area contributed by atoms with Crippen molar-refractivity contribution in [3.05, 3.63) is 48.0 Å². The van der Waals surface area contributed by atoms with Gasteiger partial charge in [0.1, 0.15) is 27.8 Å². The summed E-state index contributed by atoms with van der Waals surface area (Å²) in [4.78, 5) is 12.2. The Hall–Kier alpha value is -3.15. The van der Waals surface area contributed by atoms with Crippen LogP contribution in [0, 0.1) is 5.82 Å². The Bertz CT molecular complexity index is 1360. The maximum absolute atomic E-state index is 14.9. The number of hydrogen-bond acceptors (Lipinski definition) is 8. The molecule has 0 fully saturated rings. The molecule has 3 aromatic rings. The van der Waals surface area contributed by atoms with Crippen LogP contribution in [0.3, 0.4) is 0 Å². The van der Waals surface area contributed by atoms with Gasteiger partial charge >= 0.3 is 0 Å². The van der Waals surface area contributed by atoms with Crippen molar-refractivity contribution in [1.82, 2.24) is 15.1 Å². The Balaban J connectivity index is 2.03. The Morgan fingerprint density at radius 3 is 2.49 bits per heavy atom. The summed E-state index contributed by atoms with van der Waals surface area (Å²) < 4.78 is 41.9. The number of rotatable bonds is 8. The Morgan fingerprint density at radius 2 is 1.91 bits per heavy atom. The van der Waals surface area contributed by atoms with Gasteiger partial charge < -0.3 is 15.0 Å². The monoisotopic (exact) mass is 490 g/mol. The number of amidine groups is 1. The second-order valence-electron chi connectivity index (χ2n) is 8.21. The van der Waals surface area contributed by atoms with Gasteiger partial charge in [0.25, 0.3) is 0 Å². The highest BCUT2D eigenvalue weighted by molar-refractivity contribution is 7.95. The number of benzene rings is 1. The normalized spacial score (nSPS) is 14.4. The zero-order chi connectivity index (χ0) is 26.0. The lowest BCUT2D eigenvalue weighted by Crippen LogP contribution is -2.47. The van der Waals surface area contributed by atoms with Gasteiger partial charge in [-0.15, -0.1) is 0 Å². The van der Waals surface area contributed by atoms with Crippen LogP contribution in [0.1, 0.15) is 19.4 Å². The molecule has 9 nitrogen and oxygen atoms in total. The highest BCUT2D eigenvalue weighted by Gasteiger charge is 2.37. The Morgan fingerprint density at radius 1 is 1.20 bits per heavy atom. The van der Waals surface area contributed by atoms with E-state index in [1.165, 1.54) is 44.8 Å². The third-order valence-corrected chi connectivity index (χ3v) is 8.37. The molecule has 35 heavy (non-hydrogen) atoms. The van der Waals surface area contributed by atoms with E-state index in [1.54, 1.807) is 19.9 Å². The lowest BCUT2D eigenvalue weighted by atomic mass is 9.50. The lowest BCUT2D eigenvalue weighted by Gasteiger charge is -2.31. The van der Waals surface area contributed by atoms with E-state index in [9.17, 15) is 8.60 Å². The van der Waals surface area contributed by atoms with Crippen molar-refractivity contribution in [3.63, 3.8) is 0 Å². The SMILES string of the molecule is [B]C([B])([B])N=S(=O)(Cc1cc(-c2cc(-c3cnc(OC)cn3)no2)ccc1F)C(C)(C)C(N)=NC. The fraction of sp³-hybridized carbons (Fsp3) is 0.333.